The van der Waals surface area contributed by atoms with E-state index in [-0.39, 0.29) is 52.0 Å². The number of aryl methyl sites for hydroxylation is 1. The van der Waals surface area contributed by atoms with Crippen molar-refractivity contribution in [1.29, 1.82) is 0 Å². The summed E-state index contributed by atoms with van der Waals surface area (Å²) in [5.41, 5.74) is 0.487. The largest absolute Gasteiger partial charge is 0.508 e. The lowest BCUT2D eigenvalue weighted by atomic mass is 9.57. The molecule has 0 bridgehead atoms. The summed E-state index contributed by atoms with van der Waals surface area (Å²) in [5, 5.41) is 46.1. The highest BCUT2D eigenvalue weighted by Crippen LogP contribution is 2.54. The number of phenolic OH excluding ortho intramolecular Hbond substituents is 1. The van der Waals surface area contributed by atoms with Gasteiger partial charge in [-0.3, -0.25) is 19.3 Å². The van der Waals surface area contributed by atoms with Gasteiger partial charge >= 0.3 is 0 Å². The molecule has 0 saturated heterocycles. The molecular weight excluding hydrogens is 514 g/mol. The van der Waals surface area contributed by atoms with Crippen LogP contribution in [0.25, 0.3) is 5.76 Å². The summed E-state index contributed by atoms with van der Waals surface area (Å²) in [7, 11) is 2.94. The number of ketones is 2. The maximum Gasteiger partial charge on any atom is 0.255 e. The second-order valence-electron chi connectivity index (χ2n) is 12.5. The van der Waals surface area contributed by atoms with Gasteiger partial charge in [0.1, 0.15) is 22.8 Å². The fourth-order valence-electron chi connectivity index (χ4n) is 6.55. The lowest BCUT2D eigenvalue weighted by Gasteiger charge is -2.50. The van der Waals surface area contributed by atoms with Gasteiger partial charge in [0.2, 0.25) is 5.78 Å². The first kappa shape index (κ1) is 22.3. The standard InChI is InChI=1S/C30H41N3O7/c1-29(2,3)10-8-9-14-13-18(32(4)5)16-11-15-12-17-22(33(6)7)25(36)21(28(31)39)27(38)30(17,40)26(37)19(15)24(35)20(16)23(14)34/h13,15,17,22,34-35,38,40H,8-12H2,1-7H3,(H2,31,39)/t15-,17-,22-,30-/m0/s1/i4D3,5D3. The van der Waals surface area contributed by atoms with Crippen LogP contribution in [0.15, 0.2) is 23.0 Å². The van der Waals surface area contributed by atoms with Crippen LogP contribution in [-0.2, 0) is 27.2 Å². The number of primary amides is 1. The lowest BCUT2D eigenvalue weighted by molar-refractivity contribution is -0.153. The predicted molar refractivity (Wildman–Crippen MR) is 151 cm³/mol. The third kappa shape index (κ3) is 4.47. The zero-order chi connectivity index (χ0) is 35.1. The molecule has 218 valence electrons. The van der Waals surface area contributed by atoms with Crippen LogP contribution in [0.4, 0.5) is 5.69 Å². The van der Waals surface area contributed by atoms with Gasteiger partial charge in [-0.05, 0) is 74.7 Å². The molecule has 0 aliphatic heterocycles. The minimum atomic E-state index is -3.19. The zero-order valence-corrected chi connectivity index (χ0v) is 23.3. The molecule has 10 heteroatoms. The molecule has 1 amide bonds. The summed E-state index contributed by atoms with van der Waals surface area (Å²) in [6, 6.07) is -0.0216. The Balaban J connectivity index is 2.03. The number of rotatable bonds is 6. The Hall–Kier alpha value is -3.37. The quantitative estimate of drug-likeness (QED) is 0.328. The number of phenols is 1. The monoisotopic (exact) mass is 561 g/mol. The highest BCUT2D eigenvalue weighted by atomic mass is 16.3. The summed E-state index contributed by atoms with van der Waals surface area (Å²) in [4.78, 5) is 41.4. The zero-order valence-electron chi connectivity index (χ0n) is 29.3. The van der Waals surface area contributed by atoms with Crippen molar-refractivity contribution in [2.24, 2.45) is 23.0 Å². The van der Waals surface area contributed by atoms with Crippen molar-refractivity contribution >= 4 is 28.9 Å². The Kier molecular flexibility index (Phi) is 5.54. The number of aliphatic hydroxyl groups excluding tert-OH is 2. The van der Waals surface area contributed by atoms with Gasteiger partial charge < -0.3 is 31.1 Å². The lowest BCUT2D eigenvalue weighted by Crippen LogP contribution is -2.65. The van der Waals surface area contributed by atoms with E-state index < -0.39 is 83.3 Å². The van der Waals surface area contributed by atoms with E-state index in [1.165, 1.54) is 25.1 Å². The second kappa shape index (κ2) is 9.92. The molecule has 10 nitrogen and oxygen atoms in total. The Morgan fingerprint density at radius 3 is 2.40 bits per heavy atom. The smallest absolute Gasteiger partial charge is 0.255 e. The average molecular weight is 562 g/mol. The minimum Gasteiger partial charge on any atom is -0.508 e. The van der Waals surface area contributed by atoms with Gasteiger partial charge in [0.15, 0.2) is 11.4 Å². The summed E-state index contributed by atoms with van der Waals surface area (Å²) in [5.74, 6) is -8.42. The number of fused-ring (bicyclic) bond motifs is 3. The maximum atomic E-state index is 14.2. The fraction of sp³-hybridized carbons (Fsp3) is 0.567. The summed E-state index contributed by atoms with van der Waals surface area (Å²) >= 11 is 0. The first-order chi connectivity index (χ1) is 20.9. The third-order valence-corrected chi connectivity index (χ3v) is 8.39. The number of hydrogen-bond acceptors (Lipinski definition) is 9. The van der Waals surface area contributed by atoms with E-state index in [2.05, 4.69) is 0 Å². The number of nitrogens with zero attached hydrogens (tertiary/aromatic N) is 2. The maximum absolute atomic E-state index is 14.2. The molecule has 0 heterocycles. The van der Waals surface area contributed by atoms with Crippen molar-refractivity contribution in [1.82, 2.24) is 4.90 Å². The molecule has 1 aromatic rings. The molecule has 1 aromatic carbocycles. The number of aromatic hydroxyl groups is 1. The molecule has 40 heavy (non-hydrogen) atoms. The fourth-order valence-corrected chi connectivity index (χ4v) is 6.55. The molecule has 0 radical (unpaired) electrons. The topological polar surface area (TPSA) is 165 Å². The molecule has 0 spiro atoms. The number of Topliss-reactive ketones (excluding diaryl/α,β-unsaturated/α-hetero) is 2. The van der Waals surface area contributed by atoms with Gasteiger partial charge in [0.25, 0.3) is 5.91 Å². The van der Waals surface area contributed by atoms with Gasteiger partial charge in [0, 0.05) is 39.4 Å². The first-order valence-electron chi connectivity index (χ1n) is 16.2. The van der Waals surface area contributed by atoms with Crippen molar-refractivity contribution in [2.45, 2.75) is 64.5 Å². The molecular formula is C30H41N3O7. The van der Waals surface area contributed by atoms with E-state index in [4.69, 9.17) is 14.0 Å². The van der Waals surface area contributed by atoms with Crippen LogP contribution in [0, 0.1) is 17.3 Å². The average Bonchev–Trinajstić information content (AvgIpc) is 2.85. The van der Waals surface area contributed by atoms with Crippen molar-refractivity contribution in [3.05, 3.63) is 39.7 Å². The van der Waals surface area contributed by atoms with E-state index in [9.17, 15) is 34.8 Å². The number of anilines is 1. The van der Waals surface area contributed by atoms with E-state index >= 15 is 0 Å². The van der Waals surface area contributed by atoms with Crippen molar-refractivity contribution < 1.29 is 43.0 Å². The SMILES string of the molecule is [2H]C([2H])([2H])N(c1cc(CCCC(C)(C)C)c(O)c2c1C[C@H]1C[C@H]3[C@H](N(C)C)C(=O)C(C(N)=O)=C(O)[C@@]3(O)C(=O)C1=C2O)C([2H])([2H])[2H]. The predicted octanol–water partition coefficient (Wildman–Crippen LogP) is 2.40. The van der Waals surface area contributed by atoms with E-state index in [1.807, 2.05) is 20.8 Å². The van der Waals surface area contributed by atoms with Gasteiger partial charge in [-0.25, -0.2) is 0 Å². The highest BCUT2D eigenvalue weighted by Gasteiger charge is 2.64. The number of benzene rings is 1. The second-order valence-corrected chi connectivity index (χ2v) is 12.5. The molecule has 1 fully saturated rings. The molecule has 3 aliphatic rings. The molecule has 1 saturated carbocycles. The summed E-state index contributed by atoms with van der Waals surface area (Å²) in [6.45, 7) is -0.353. The number of likely N-dealkylation sites (N-methyl/N-ethyl adjacent to an activating group) is 1. The van der Waals surface area contributed by atoms with Gasteiger partial charge in [-0.15, -0.1) is 0 Å². The third-order valence-electron chi connectivity index (χ3n) is 8.39. The Morgan fingerprint density at radius 1 is 1.20 bits per heavy atom. The molecule has 4 rings (SSSR count). The van der Waals surface area contributed by atoms with Crippen molar-refractivity contribution in [2.75, 3.05) is 32.9 Å². The van der Waals surface area contributed by atoms with Crippen molar-refractivity contribution in [3.63, 3.8) is 0 Å². The number of hydrogen-bond donors (Lipinski definition) is 5. The highest BCUT2D eigenvalue weighted by molar-refractivity contribution is 6.24. The van der Waals surface area contributed by atoms with Crippen LogP contribution < -0.4 is 10.6 Å². The summed E-state index contributed by atoms with van der Waals surface area (Å²) in [6.07, 6.45) is 0.862. The van der Waals surface area contributed by atoms with Gasteiger partial charge in [-0.1, -0.05) is 20.8 Å². The minimum absolute atomic E-state index is 0.0464. The number of amides is 1. The van der Waals surface area contributed by atoms with Crippen LogP contribution in [-0.4, -0.2) is 82.5 Å². The molecule has 0 aromatic heterocycles. The Bertz CT molecular complexity index is 1540. The van der Waals surface area contributed by atoms with Crippen LogP contribution >= 0.6 is 0 Å². The number of carbonyl (C=O) groups excluding carboxylic acids is 3. The number of nitrogens with two attached hydrogens (primary N) is 1. The number of carbonyl (C=O) groups is 3. The first-order valence-corrected chi connectivity index (χ1v) is 13.2. The Labute approximate surface area is 243 Å². The van der Waals surface area contributed by atoms with E-state index in [1.54, 1.807) is 0 Å². The van der Waals surface area contributed by atoms with Crippen molar-refractivity contribution in [3.8, 4) is 5.75 Å². The van der Waals surface area contributed by atoms with Gasteiger partial charge in [-0.2, -0.15) is 0 Å². The normalized spacial score (nSPS) is 29.4. The molecule has 3 aliphatic carbocycles. The van der Waals surface area contributed by atoms with Crippen LogP contribution in [0.2, 0.25) is 0 Å². The molecule has 0 unspecified atom stereocenters. The Morgan fingerprint density at radius 2 is 1.85 bits per heavy atom. The molecule has 4 atom stereocenters. The van der Waals surface area contributed by atoms with E-state index in [0.29, 0.717) is 12.8 Å². The molecule has 6 N–H and O–H groups in total. The van der Waals surface area contributed by atoms with Crippen LogP contribution in [0.1, 0.15) is 64.9 Å². The number of aliphatic hydroxyl groups is 3. The summed E-state index contributed by atoms with van der Waals surface area (Å²) < 4.78 is 48.5. The van der Waals surface area contributed by atoms with E-state index in [0.717, 1.165) is 0 Å². The van der Waals surface area contributed by atoms with Crippen LogP contribution in [0.3, 0.4) is 0 Å². The van der Waals surface area contributed by atoms with Crippen LogP contribution in [0.5, 0.6) is 5.75 Å². The van der Waals surface area contributed by atoms with Gasteiger partial charge in [0.05, 0.1) is 11.6 Å².